The molecule has 6 heteroatoms. The van der Waals surface area contributed by atoms with Crippen LogP contribution in [0.5, 0.6) is 0 Å². The molecule has 0 bridgehead atoms. The number of allylic oxidation sites excluding steroid dienone is 14. The minimum Gasteiger partial charge on any atom is -0.462 e. The fourth-order valence-corrected chi connectivity index (χ4v) is 10.2. The van der Waals surface area contributed by atoms with E-state index in [1.807, 2.05) is 0 Å². The molecular weight excluding hydrogens is 1010 g/mol. The van der Waals surface area contributed by atoms with Crippen molar-refractivity contribution in [3.8, 4) is 0 Å². The number of hydrogen-bond donors (Lipinski definition) is 0. The van der Waals surface area contributed by atoms with Crippen LogP contribution in [0, 0.1) is 0 Å². The Morgan fingerprint density at radius 1 is 0.244 bits per heavy atom. The van der Waals surface area contributed by atoms with E-state index >= 15 is 0 Å². The number of esters is 3. The van der Waals surface area contributed by atoms with Gasteiger partial charge in [0.15, 0.2) is 6.10 Å². The summed E-state index contributed by atoms with van der Waals surface area (Å²) in [5.74, 6) is -0.885. The summed E-state index contributed by atoms with van der Waals surface area (Å²) >= 11 is 0. The van der Waals surface area contributed by atoms with Gasteiger partial charge in [-0.15, -0.1) is 0 Å². The van der Waals surface area contributed by atoms with Crippen LogP contribution < -0.4 is 0 Å². The zero-order valence-corrected chi connectivity index (χ0v) is 54.5. The zero-order chi connectivity index (χ0) is 59.2. The molecule has 0 heterocycles. The predicted octanol–water partition coefficient (Wildman–Crippen LogP) is 24.6. The predicted molar refractivity (Wildman–Crippen MR) is 358 cm³/mol. The third kappa shape index (κ3) is 67.4. The molecule has 0 saturated heterocycles. The Morgan fingerprint density at radius 2 is 0.439 bits per heavy atom. The number of ether oxygens (including phenoxy) is 3. The van der Waals surface area contributed by atoms with Gasteiger partial charge in [0.1, 0.15) is 13.2 Å². The average Bonchev–Trinajstić information content (AvgIpc) is 3.47. The van der Waals surface area contributed by atoms with E-state index in [0.717, 1.165) is 96.3 Å². The van der Waals surface area contributed by atoms with Gasteiger partial charge in [0, 0.05) is 19.3 Å². The van der Waals surface area contributed by atoms with Crippen molar-refractivity contribution in [3.05, 3.63) is 85.1 Å². The van der Waals surface area contributed by atoms with Crippen molar-refractivity contribution in [2.45, 2.75) is 367 Å². The van der Waals surface area contributed by atoms with Crippen LogP contribution in [0.15, 0.2) is 85.1 Å². The van der Waals surface area contributed by atoms with Gasteiger partial charge in [0.25, 0.3) is 0 Å². The molecule has 0 saturated carbocycles. The Kier molecular flexibility index (Phi) is 67.2. The first-order valence-electron chi connectivity index (χ1n) is 35.6. The first-order valence-corrected chi connectivity index (χ1v) is 35.6. The molecule has 0 N–H and O–H groups in total. The van der Waals surface area contributed by atoms with E-state index in [-0.39, 0.29) is 31.1 Å². The van der Waals surface area contributed by atoms with Gasteiger partial charge in [0.2, 0.25) is 0 Å². The van der Waals surface area contributed by atoms with Gasteiger partial charge in [-0.25, -0.2) is 0 Å². The topological polar surface area (TPSA) is 78.9 Å². The summed E-state index contributed by atoms with van der Waals surface area (Å²) in [7, 11) is 0. The number of unbranched alkanes of at least 4 members (excludes halogenated alkanes) is 40. The largest absolute Gasteiger partial charge is 0.462 e. The Bertz CT molecular complexity index is 1550. The molecule has 1 unspecified atom stereocenters. The van der Waals surface area contributed by atoms with Crippen LogP contribution in [-0.2, 0) is 28.6 Å². The highest BCUT2D eigenvalue weighted by molar-refractivity contribution is 5.71. The lowest BCUT2D eigenvalue weighted by atomic mass is 10.0. The van der Waals surface area contributed by atoms with E-state index < -0.39 is 6.10 Å². The highest BCUT2D eigenvalue weighted by Crippen LogP contribution is 2.17. The monoisotopic (exact) mass is 1140 g/mol. The van der Waals surface area contributed by atoms with Crippen LogP contribution in [-0.4, -0.2) is 37.2 Å². The summed E-state index contributed by atoms with van der Waals surface area (Å²) in [5, 5.41) is 0. The molecule has 6 nitrogen and oxygen atoms in total. The lowest BCUT2D eigenvalue weighted by Gasteiger charge is -2.18. The molecule has 0 radical (unpaired) electrons. The Hall–Kier alpha value is -3.41. The summed E-state index contributed by atoms with van der Waals surface area (Å²) in [4.78, 5) is 38.5. The second kappa shape index (κ2) is 70.1. The van der Waals surface area contributed by atoms with Crippen LogP contribution in [0.2, 0.25) is 0 Å². The summed E-state index contributed by atoms with van der Waals surface area (Å²) in [6.07, 6.45) is 93.1. The fourth-order valence-electron chi connectivity index (χ4n) is 10.2. The van der Waals surface area contributed by atoms with Crippen molar-refractivity contribution >= 4 is 17.9 Å². The van der Waals surface area contributed by atoms with E-state index in [4.69, 9.17) is 14.2 Å². The van der Waals surface area contributed by atoms with Gasteiger partial charge < -0.3 is 14.2 Å². The maximum atomic E-state index is 13.0. The van der Waals surface area contributed by atoms with Gasteiger partial charge in [-0.2, -0.15) is 0 Å². The molecule has 0 aromatic carbocycles. The molecule has 0 aliphatic rings. The summed E-state index contributed by atoms with van der Waals surface area (Å²) in [5.41, 5.74) is 0. The molecular formula is C76H134O6. The quantitative estimate of drug-likeness (QED) is 0.0261. The van der Waals surface area contributed by atoms with E-state index in [9.17, 15) is 14.4 Å². The normalized spacial score (nSPS) is 12.6. The van der Waals surface area contributed by atoms with Crippen molar-refractivity contribution in [2.24, 2.45) is 0 Å². The Morgan fingerprint density at radius 3 is 0.695 bits per heavy atom. The molecule has 1 atom stereocenters. The number of carbonyl (C=O) groups excluding carboxylic acids is 3. The van der Waals surface area contributed by atoms with Crippen LogP contribution >= 0.6 is 0 Å². The second-order valence-corrected chi connectivity index (χ2v) is 23.8. The first kappa shape index (κ1) is 78.6. The standard InChI is InChI=1S/C76H134O6/c1-4-7-10-13-16-19-22-25-28-31-33-35-36-37-38-39-40-42-43-45-48-51-54-57-60-63-66-69-75(78)81-72-73(71-80-74(77)68-65-62-59-56-53-50-47-30-27-24-21-18-15-12-9-6-3)82-76(79)70-67-64-61-58-55-52-49-46-44-41-34-32-29-26-23-20-17-14-11-8-5-2/h21-26,30-34,36-37,47,73H,4-20,27-29,35,38-46,48-72H2,1-3H3/b24-21-,25-22-,26-23-,33-31-,34-32-,37-36-,47-30-. The summed E-state index contributed by atoms with van der Waals surface area (Å²) in [6, 6.07) is 0. The molecule has 474 valence electrons. The second-order valence-electron chi connectivity index (χ2n) is 23.8. The lowest BCUT2D eigenvalue weighted by molar-refractivity contribution is -0.167. The van der Waals surface area contributed by atoms with Gasteiger partial charge in [-0.1, -0.05) is 305 Å². The van der Waals surface area contributed by atoms with Gasteiger partial charge in [-0.3, -0.25) is 14.4 Å². The zero-order valence-electron chi connectivity index (χ0n) is 54.5. The van der Waals surface area contributed by atoms with Crippen LogP contribution in [0.4, 0.5) is 0 Å². The van der Waals surface area contributed by atoms with E-state index in [1.165, 1.54) is 225 Å². The smallest absolute Gasteiger partial charge is 0.306 e. The highest BCUT2D eigenvalue weighted by atomic mass is 16.6. The SMILES string of the molecule is CCCCCC/C=C\C/C=C\CCCCCCCC(=O)OCC(COC(=O)CCCCCCCCCCCCCC/C=C\C/C=C\C/C=C\CCCCCCC)OC(=O)CCCCCCCCCCC/C=C\C/C=C\CCCCCCC. The lowest BCUT2D eigenvalue weighted by Crippen LogP contribution is -2.30. The van der Waals surface area contributed by atoms with Crippen molar-refractivity contribution in [3.63, 3.8) is 0 Å². The van der Waals surface area contributed by atoms with Crippen molar-refractivity contribution < 1.29 is 28.6 Å². The van der Waals surface area contributed by atoms with Gasteiger partial charge in [-0.05, 0) is 122 Å². The van der Waals surface area contributed by atoms with Crippen molar-refractivity contribution in [2.75, 3.05) is 13.2 Å². The third-order valence-electron chi connectivity index (χ3n) is 15.6. The van der Waals surface area contributed by atoms with Crippen molar-refractivity contribution in [1.29, 1.82) is 0 Å². The van der Waals surface area contributed by atoms with Crippen LogP contribution in [0.1, 0.15) is 361 Å². The summed E-state index contributed by atoms with van der Waals surface area (Å²) in [6.45, 7) is 6.63. The number of carbonyl (C=O) groups is 3. The van der Waals surface area contributed by atoms with Gasteiger partial charge >= 0.3 is 17.9 Å². The molecule has 0 aliphatic heterocycles. The Labute approximate surface area is 509 Å². The van der Waals surface area contributed by atoms with Crippen molar-refractivity contribution in [1.82, 2.24) is 0 Å². The first-order chi connectivity index (χ1) is 40.5. The molecule has 0 spiro atoms. The maximum Gasteiger partial charge on any atom is 0.306 e. The molecule has 0 aliphatic carbocycles. The van der Waals surface area contributed by atoms with Gasteiger partial charge in [0.05, 0.1) is 0 Å². The number of rotatable bonds is 65. The third-order valence-corrected chi connectivity index (χ3v) is 15.6. The molecule has 82 heavy (non-hydrogen) atoms. The maximum absolute atomic E-state index is 13.0. The van der Waals surface area contributed by atoms with Crippen LogP contribution in [0.3, 0.4) is 0 Å². The van der Waals surface area contributed by atoms with E-state index in [0.29, 0.717) is 19.3 Å². The Balaban J connectivity index is 4.34. The van der Waals surface area contributed by atoms with Crippen LogP contribution in [0.25, 0.3) is 0 Å². The number of hydrogen-bond acceptors (Lipinski definition) is 6. The molecule has 0 rings (SSSR count). The highest BCUT2D eigenvalue weighted by Gasteiger charge is 2.19. The molecule has 0 aromatic rings. The summed E-state index contributed by atoms with van der Waals surface area (Å²) < 4.78 is 17.0. The molecule has 0 amide bonds. The molecule has 0 aromatic heterocycles. The average molecular weight is 1140 g/mol. The minimum atomic E-state index is -0.788. The minimum absolute atomic E-state index is 0.0821. The van der Waals surface area contributed by atoms with E-state index in [1.54, 1.807) is 0 Å². The van der Waals surface area contributed by atoms with E-state index in [2.05, 4.69) is 106 Å². The molecule has 0 fully saturated rings. The fraction of sp³-hybridized carbons (Fsp3) is 0.776.